The van der Waals surface area contributed by atoms with Crippen molar-refractivity contribution in [2.24, 2.45) is 0 Å². The summed E-state index contributed by atoms with van der Waals surface area (Å²) in [6, 6.07) is 10.2. The summed E-state index contributed by atoms with van der Waals surface area (Å²) >= 11 is 0. The molecule has 0 heterocycles. The molecule has 0 aromatic heterocycles. The SMILES string of the molecule is Cc1ccc(OCCN(C)CC(=O)NC2(C#N)CCCCC2)cc1. The van der Waals surface area contributed by atoms with E-state index in [9.17, 15) is 10.1 Å². The molecule has 1 aromatic carbocycles. The zero-order valence-electron chi connectivity index (χ0n) is 14.7. The van der Waals surface area contributed by atoms with Gasteiger partial charge in [0.2, 0.25) is 5.91 Å². The van der Waals surface area contributed by atoms with E-state index in [1.807, 2.05) is 43.1 Å². The van der Waals surface area contributed by atoms with Crippen LogP contribution in [0.4, 0.5) is 0 Å². The van der Waals surface area contributed by atoms with Crippen molar-refractivity contribution in [2.75, 3.05) is 26.7 Å². The maximum atomic E-state index is 12.2. The molecule has 1 aromatic rings. The second-order valence-electron chi connectivity index (χ2n) is 6.70. The van der Waals surface area contributed by atoms with Gasteiger partial charge in [-0.15, -0.1) is 0 Å². The molecule has 1 aliphatic carbocycles. The van der Waals surface area contributed by atoms with Crippen LogP contribution in [0.15, 0.2) is 24.3 Å². The van der Waals surface area contributed by atoms with E-state index in [1.165, 1.54) is 5.56 Å². The second kappa shape index (κ2) is 8.70. The highest BCUT2D eigenvalue weighted by Crippen LogP contribution is 2.27. The lowest BCUT2D eigenvalue weighted by Crippen LogP contribution is -2.51. The van der Waals surface area contributed by atoms with Crippen LogP contribution in [0, 0.1) is 18.3 Å². The van der Waals surface area contributed by atoms with Gasteiger partial charge in [-0.3, -0.25) is 9.69 Å². The number of rotatable bonds is 7. The van der Waals surface area contributed by atoms with Gasteiger partial charge in [-0.2, -0.15) is 5.26 Å². The van der Waals surface area contributed by atoms with Crippen molar-refractivity contribution in [2.45, 2.75) is 44.6 Å². The lowest BCUT2D eigenvalue weighted by molar-refractivity contribution is -0.123. The highest BCUT2D eigenvalue weighted by molar-refractivity contribution is 5.79. The molecule has 1 saturated carbocycles. The normalized spacial score (nSPS) is 16.4. The van der Waals surface area contributed by atoms with Crippen LogP contribution in [0.2, 0.25) is 0 Å². The summed E-state index contributed by atoms with van der Waals surface area (Å²) in [7, 11) is 1.89. The number of ether oxygens (including phenoxy) is 1. The van der Waals surface area contributed by atoms with Crippen LogP contribution in [0.5, 0.6) is 5.75 Å². The number of amides is 1. The zero-order chi connectivity index (χ0) is 17.4. The van der Waals surface area contributed by atoms with Crippen LogP contribution in [-0.2, 0) is 4.79 Å². The van der Waals surface area contributed by atoms with E-state index in [2.05, 4.69) is 11.4 Å². The first-order valence-corrected chi connectivity index (χ1v) is 8.63. The molecule has 0 bridgehead atoms. The molecule has 0 aliphatic heterocycles. The average molecular weight is 329 g/mol. The zero-order valence-corrected chi connectivity index (χ0v) is 14.7. The number of nitrogens with zero attached hydrogens (tertiary/aromatic N) is 2. The van der Waals surface area contributed by atoms with Crippen LogP contribution in [0.25, 0.3) is 0 Å². The van der Waals surface area contributed by atoms with Crippen LogP contribution in [0.3, 0.4) is 0 Å². The van der Waals surface area contributed by atoms with Crippen molar-refractivity contribution < 1.29 is 9.53 Å². The number of hydrogen-bond donors (Lipinski definition) is 1. The van der Waals surface area contributed by atoms with E-state index >= 15 is 0 Å². The first-order chi connectivity index (χ1) is 11.5. The van der Waals surface area contributed by atoms with Gasteiger partial charge >= 0.3 is 0 Å². The summed E-state index contributed by atoms with van der Waals surface area (Å²) in [5.74, 6) is 0.750. The molecule has 0 spiro atoms. The summed E-state index contributed by atoms with van der Waals surface area (Å²) in [4.78, 5) is 14.1. The number of hydrogen-bond acceptors (Lipinski definition) is 4. The molecule has 130 valence electrons. The predicted octanol–water partition coefficient (Wildman–Crippen LogP) is 2.65. The van der Waals surface area contributed by atoms with Gasteiger partial charge in [-0.05, 0) is 38.9 Å². The lowest BCUT2D eigenvalue weighted by Gasteiger charge is -2.32. The Balaban J connectivity index is 1.71. The Bertz CT molecular complexity index is 571. The fourth-order valence-electron chi connectivity index (χ4n) is 3.00. The molecule has 1 fully saturated rings. The van der Waals surface area contributed by atoms with Crippen molar-refractivity contribution >= 4 is 5.91 Å². The number of carbonyl (C=O) groups is 1. The molecule has 2 rings (SSSR count). The van der Waals surface area contributed by atoms with E-state index in [1.54, 1.807) is 0 Å². The molecule has 5 nitrogen and oxygen atoms in total. The minimum Gasteiger partial charge on any atom is -0.492 e. The summed E-state index contributed by atoms with van der Waals surface area (Å²) in [6.45, 7) is 3.49. The van der Waals surface area contributed by atoms with Crippen LogP contribution in [0.1, 0.15) is 37.7 Å². The van der Waals surface area contributed by atoms with Crippen LogP contribution in [-0.4, -0.2) is 43.1 Å². The molecule has 0 atom stereocenters. The largest absolute Gasteiger partial charge is 0.492 e. The number of nitrogens with one attached hydrogen (secondary N) is 1. The Hall–Kier alpha value is -2.06. The van der Waals surface area contributed by atoms with Crippen molar-refractivity contribution in [3.8, 4) is 11.8 Å². The van der Waals surface area contributed by atoms with E-state index < -0.39 is 5.54 Å². The minimum absolute atomic E-state index is 0.0868. The van der Waals surface area contributed by atoms with Crippen molar-refractivity contribution in [1.82, 2.24) is 10.2 Å². The highest BCUT2D eigenvalue weighted by atomic mass is 16.5. The fourth-order valence-corrected chi connectivity index (χ4v) is 3.00. The lowest BCUT2D eigenvalue weighted by atomic mass is 9.83. The quantitative estimate of drug-likeness (QED) is 0.835. The van der Waals surface area contributed by atoms with Gasteiger partial charge in [0.1, 0.15) is 17.9 Å². The van der Waals surface area contributed by atoms with Gasteiger partial charge in [0.25, 0.3) is 0 Å². The molecule has 5 heteroatoms. The van der Waals surface area contributed by atoms with E-state index in [4.69, 9.17) is 4.74 Å². The Morgan fingerprint density at radius 2 is 1.96 bits per heavy atom. The number of carbonyl (C=O) groups excluding carboxylic acids is 1. The smallest absolute Gasteiger partial charge is 0.235 e. The highest BCUT2D eigenvalue weighted by Gasteiger charge is 2.33. The van der Waals surface area contributed by atoms with E-state index in [-0.39, 0.29) is 12.5 Å². The minimum atomic E-state index is -0.658. The molecule has 1 aliphatic rings. The molecular weight excluding hydrogens is 302 g/mol. The van der Waals surface area contributed by atoms with Crippen LogP contribution >= 0.6 is 0 Å². The summed E-state index contributed by atoms with van der Waals surface area (Å²) < 4.78 is 5.68. The van der Waals surface area contributed by atoms with Gasteiger partial charge in [-0.1, -0.05) is 37.0 Å². The molecule has 0 radical (unpaired) electrons. The first kappa shape index (κ1) is 18.3. The second-order valence-corrected chi connectivity index (χ2v) is 6.70. The van der Waals surface area contributed by atoms with Crippen LogP contribution < -0.4 is 10.1 Å². The maximum absolute atomic E-state index is 12.2. The maximum Gasteiger partial charge on any atom is 0.235 e. The van der Waals surface area contributed by atoms with Gasteiger partial charge in [0.05, 0.1) is 12.6 Å². The van der Waals surface area contributed by atoms with Crippen molar-refractivity contribution in [1.29, 1.82) is 5.26 Å². The molecule has 24 heavy (non-hydrogen) atoms. The average Bonchev–Trinajstić information content (AvgIpc) is 2.57. The number of likely N-dealkylation sites (N-methyl/N-ethyl adjacent to an activating group) is 1. The molecule has 1 N–H and O–H groups in total. The number of aryl methyl sites for hydroxylation is 1. The van der Waals surface area contributed by atoms with E-state index in [0.717, 1.165) is 37.9 Å². The molecular formula is C19H27N3O2. The Morgan fingerprint density at radius 3 is 2.58 bits per heavy atom. The first-order valence-electron chi connectivity index (χ1n) is 8.63. The van der Waals surface area contributed by atoms with Gasteiger partial charge in [-0.25, -0.2) is 0 Å². The van der Waals surface area contributed by atoms with Gasteiger partial charge < -0.3 is 10.1 Å². The Labute approximate surface area is 144 Å². The Morgan fingerprint density at radius 1 is 1.29 bits per heavy atom. The Kier molecular flexibility index (Phi) is 6.62. The standard InChI is InChI=1S/C19H27N3O2/c1-16-6-8-17(9-7-16)24-13-12-22(2)14-18(23)21-19(15-20)10-4-3-5-11-19/h6-9H,3-5,10-14H2,1-2H3,(H,21,23). The number of benzene rings is 1. The van der Waals surface area contributed by atoms with Crippen molar-refractivity contribution in [3.05, 3.63) is 29.8 Å². The third kappa shape index (κ3) is 5.54. The topological polar surface area (TPSA) is 65.4 Å². The third-order valence-corrected chi connectivity index (χ3v) is 4.48. The van der Waals surface area contributed by atoms with Crippen molar-refractivity contribution in [3.63, 3.8) is 0 Å². The third-order valence-electron chi connectivity index (χ3n) is 4.48. The summed E-state index contributed by atoms with van der Waals surface area (Å²) in [6.07, 6.45) is 4.68. The predicted molar refractivity (Wildman–Crippen MR) is 93.7 cm³/mol. The molecule has 0 unspecified atom stereocenters. The van der Waals surface area contributed by atoms with E-state index in [0.29, 0.717) is 13.2 Å². The monoisotopic (exact) mass is 329 g/mol. The molecule has 1 amide bonds. The van der Waals surface area contributed by atoms with Gasteiger partial charge in [0.15, 0.2) is 0 Å². The molecule has 0 saturated heterocycles. The van der Waals surface area contributed by atoms with Gasteiger partial charge in [0, 0.05) is 6.54 Å². The summed E-state index contributed by atoms with van der Waals surface area (Å²) in [5.41, 5.74) is 0.541. The number of nitriles is 1. The fraction of sp³-hybridized carbons (Fsp3) is 0.579. The summed E-state index contributed by atoms with van der Waals surface area (Å²) in [5, 5.41) is 12.4.